The third kappa shape index (κ3) is 5.35. The van der Waals surface area contributed by atoms with E-state index in [0.29, 0.717) is 23.2 Å². The van der Waals surface area contributed by atoms with Gasteiger partial charge in [0.05, 0.1) is 5.71 Å². The van der Waals surface area contributed by atoms with E-state index in [9.17, 15) is 0 Å². The van der Waals surface area contributed by atoms with Crippen LogP contribution >= 0.6 is 0 Å². The second kappa shape index (κ2) is 8.68. The van der Waals surface area contributed by atoms with E-state index in [1.165, 1.54) is 18.3 Å². The highest BCUT2D eigenvalue weighted by Crippen LogP contribution is 2.44. The van der Waals surface area contributed by atoms with Crippen LogP contribution in [0.25, 0.3) is 0 Å². The predicted octanol–water partition coefficient (Wildman–Crippen LogP) is 5.52. The Labute approximate surface area is 148 Å². The number of allylic oxidation sites excluding steroid dienone is 1. The van der Waals surface area contributed by atoms with Gasteiger partial charge >= 0.3 is 0 Å². The number of fused-ring (bicyclic) bond motifs is 1. The Morgan fingerprint density at radius 1 is 1.50 bits per heavy atom. The van der Waals surface area contributed by atoms with E-state index in [4.69, 9.17) is 10.0 Å². The average molecular weight is 337 g/mol. The van der Waals surface area contributed by atoms with Gasteiger partial charge in [-0.2, -0.15) is 0 Å². The van der Waals surface area contributed by atoms with Crippen LogP contribution in [0, 0.1) is 28.6 Å². The third-order valence-electron chi connectivity index (χ3n) is 6.31. The van der Waals surface area contributed by atoms with E-state index < -0.39 is 0 Å². The SMILES string of the molecule is C=CC(C)C(C)(C)CC/C=N/O.CC1C2CON=C2CCC1(C)C. The highest BCUT2D eigenvalue weighted by Gasteiger charge is 2.41. The fraction of sp³-hybridized carbons (Fsp3) is 0.800. The van der Waals surface area contributed by atoms with Crippen molar-refractivity contribution in [1.29, 1.82) is 0 Å². The lowest BCUT2D eigenvalue weighted by molar-refractivity contribution is 0.0978. The smallest absolute Gasteiger partial charge is 0.125 e. The Hall–Kier alpha value is -1.32. The second-order valence-electron chi connectivity index (χ2n) is 8.61. The van der Waals surface area contributed by atoms with Crippen LogP contribution in [-0.2, 0) is 4.84 Å². The highest BCUT2D eigenvalue weighted by molar-refractivity contribution is 5.88. The molecule has 3 atom stereocenters. The van der Waals surface area contributed by atoms with Gasteiger partial charge in [-0.25, -0.2) is 0 Å². The molecule has 1 fully saturated rings. The summed E-state index contributed by atoms with van der Waals surface area (Å²) in [7, 11) is 0. The first-order valence-electron chi connectivity index (χ1n) is 9.13. The van der Waals surface area contributed by atoms with Gasteiger partial charge in [0.25, 0.3) is 0 Å². The van der Waals surface area contributed by atoms with Crippen molar-refractivity contribution in [2.75, 3.05) is 6.61 Å². The van der Waals surface area contributed by atoms with Crippen LogP contribution in [0.1, 0.15) is 67.2 Å². The first-order valence-corrected chi connectivity index (χ1v) is 9.13. The monoisotopic (exact) mass is 336 g/mol. The van der Waals surface area contributed by atoms with E-state index in [-0.39, 0.29) is 5.41 Å². The molecule has 1 N–H and O–H groups in total. The lowest BCUT2D eigenvalue weighted by Crippen LogP contribution is -2.38. The number of rotatable bonds is 5. The van der Waals surface area contributed by atoms with Gasteiger partial charge in [0.2, 0.25) is 0 Å². The van der Waals surface area contributed by atoms with Crippen molar-refractivity contribution in [2.45, 2.75) is 67.2 Å². The molecule has 4 heteroatoms. The van der Waals surface area contributed by atoms with Crippen molar-refractivity contribution in [1.82, 2.24) is 0 Å². The quantitative estimate of drug-likeness (QED) is 0.311. The minimum atomic E-state index is 0.239. The van der Waals surface area contributed by atoms with Crippen LogP contribution in [-0.4, -0.2) is 23.7 Å². The number of hydrogen-bond donors (Lipinski definition) is 1. The van der Waals surface area contributed by atoms with E-state index >= 15 is 0 Å². The van der Waals surface area contributed by atoms with Crippen molar-refractivity contribution < 1.29 is 10.0 Å². The zero-order valence-electron chi connectivity index (χ0n) is 16.4. The average Bonchev–Trinajstić information content (AvgIpc) is 3.00. The molecule has 0 aromatic heterocycles. The Morgan fingerprint density at radius 3 is 2.75 bits per heavy atom. The van der Waals surface area contributed by atoms with Gasteiger partial charge in [0, 0.05) is 12.1 Å². The molecule has 3 unspecified atom stereocenters. The summed E-state index contributed by atoms with van der Waals surface area (Å²) in [5, 5.41) is 15.3. The summed E-state index contributed by atoms with van der Waals surface area (Å²) < 4.78 is 0. The van der Waals surface area contributed by atoms with Crippen LogP contribution in [0.15, 0.2) is 23.0 Å². The van der Waals surface area contributed by atoms with Crippen LogP contribution in [0.3, 0.4) is 0 Å². The maximum Gasteiger partial charge on any atom is 0.125 e. The van der Waals surface area contributed by atoms with E-state index in [2.05, 4.69) is 58.4 Å². The molecule has 1 aliphatic heterocycles. The van der Waals surface area contributed by atoms with Gasteiger partial charge in [-0.3, -0.25) is 0 Å². The number of hydrogen-bond acceptors (Lipinski definition) is 4. The molecule has 0 bridgehead atoms. The van der Waals surface area contributed by atoms with E-state index in [0.717, 1.165) is 25.9 Å². The van der Waals surface area contributed by atoms with E-state index in [1.807, 2.05) is 6.08 Å². The van der Waals surface area contributed by atoms with E-state index in [1.54, 1.807) is 0 Å². The number of oxime groups is 2. The van der Waals surface area contributed by atoms with Crippen molar-refractivity contribution in [3.63, 3.8) is 0 Å². The molecule has 0 spiro atoms. The largest absolute Gasteiger partial charge is 0.411 e. The Bertz CT molecular complexity index is 466. The molecule has 4 nitrogen and oxygen atoms in total. The lowest BCUT2D eigenvalue weighted by atomic mass is 9.64. The summed E-state index contributed by atoms with van der Waals surface area (Å²) in [5.74, 6) is 1.81. The Balaban J connectivity index is 0.000000240. The first-order chi connectivity index (χ1) is 11.2. The van der Waals surface area contributed by atoms with Gasteiger partial charge in [-0.1, -0.05) is 52.8 Å². The molecule has 2 aliphatic rings. The van der Waals surface area contributed by atoms with Crippen LogP contribution in [0.2, 0.25) is 0 Å². The standard InChI is InChI=1S/C10H17NO.C10H19NO/c1-7-8-6-12-11-9(8)4-5-10(7,2)3;1-5-9(2)10(3,4)7-6-8-11-12/h7-8H,4-6H2,1-3H3;5,8-9,12H,1,6-7H2,2-4H3/b;11-8+. The van der Waals surface area contributed by atoms with Crippen molar-refractivity contribution in [3.8, 4) is 0 Å². The molecule has 24 heavy (non-hydrogen) atoms. The minimum absolute atomic E-state index is 0.239. The fourth-order valence-electron chi connectivity index (χ4n) is 3.29. The van der Waals surface area contributed by atoms with Crippen LogP contribution < -0.4 is 0 Å². The maximum atomic E-state index is 8.21. The minimum Gasteiger partial charge on any atom is -0.411 e. The molecule has 0 saturated heterocycles. The molecular weight excluding hydrogens is 300 g/mol. The molecule has 0 aromatic carbocycles. The highest BCUT2D eigenvalue weighted by atomic mass is 16.6. The van der Waals surface area contributed by atoms with Crippen molar-refractivity contribution in [3.05, 3.63) is 12.7 Å². The summed E-state index contributed by atoms with van der Waals surface area (Å²) in [6, 6.07) is 0. The molecule has 138 valence electrons. The molecule has 0 radical (unpaired) electrons. The van der Waals surface area contributed by atoms with Crippen LogP contribution in [0.5, 0.6) is 0 Å². The lowest BCUT2D eigenvalue weighted by Gasteiger charge is -2.39. The second-order valence-corrected chi connectivity index (χ2v) is 8.61. The van der Waals surface area contributed by atoms with Gasteiger partial charge in [0.15, 0.2) is 0 Å². The molecule has 0 amide bonds. The summed E-state index contributed by atoms with van der Waals surface area (Å²) in [4.78, 5) is 5.14. The molecule has 2 rings (SSSR count). The fourth-order valence-corrected chi connectivity index (χ4v) is 3.29. The normalized spacial score (nSPS) is 26.7. The van der Waals surface area contributed by atoms with Crippen molar-refractivity contribution >= 4 is 11.9 Å². The Kier molecular flexibility index (Phi) is 7.50. The Morgan fingerprint density at radius 2 is 2.17 bits per heavy atom. The third-order valence-corrected chi connectivity index (χ3v) is 6.31. The first kappa shape index (κ1) is 20.7. The topological polar surface area (TPSA) is 54.2 Å². The van der Waals surface area contributed by atoms with Gasteiger partial charge in [-0.15, -0.1) is 11.7 Å². The predicted molar refractivity (Wildman–Crippen MR) is 102 cm³/mol. The molecular formula is C20H36N2O2. The summed E-state index contributed by atoms with van der Waals surface area (Å²) in [6.45, 7) is 18.2. The summed E-state index contributed by atoms with van der Waals surface area (Å²) in [5.41, 5.74) is 2.02. The maximum absolute atomic E-state index is 8.21. The van der Waals surface area contributed by atoms with Gasteiger partial charge in [-0.05, 0) is 48.3 Å². The zero-order chi connectivity index (χ0) is 18.4. The molecule has 1 saturated carbocycles. The molecule has 1 heterocycles. The number of nitrogens with zero attached hydrogens (tertiary/aromatic N) is 2. The summed E-state index contributed by atoms with van der Waals surface area (Å²) in [6.07, 6.45) is 7.74. The van der Waals surface area contributed by atoms with Gasteiger partial charge < -0.3 is 10.0 Å². The summed E-state index contributed by atoms with van der Waals surface area (Å²) >= 11 is 0. The van der Waals surface area contributed by atoms with Gasteiger partial charge in [0.1, 0.15) is 6.61 Å². The van der Waals surface area contributed by atoms with Crippen molar-refractivity contribution in [2.24, 2.45) is 38.9 Å². The molecule has 1 aliphatic carbocycles. The molecule has 0 aromatic rings. The zero-order valence-corrected chi connectivity index (χ0v) is 16.4. The van der Waals surface area contributed by atoms with Crippen LogP contribution in [0.4, 0.5) is 0 Å².